The summed E-state index contributed by atoms with van der Waals surface area (Å²) in [6.45, 7) is 0.364. The van der Waals surface area contributed by atoms with Gasteiger partial charge in [-0.05, 0) is 18.1 Å². The number of para-hydroxylation sites is 2. The molecule has 0 atom stereocenters. The minimum atomic E-state index is 0.364. The van der Waals surface area contributed by atoms with Gasteiger partial charge in [-0.3, -0.25) is 0 Å². The summed E-state index contributed by atoms with van der Waals surface area (Å²) in [5.41, 5.74) is 7.37. The van der Waals surface area contributed by atoms with Crippen LogP contribution in [-0.4, -0.2) is 16.1 Å². The van der Waals surface area contributed by atoms with Crippen LogP contribution in [0.2, 0.25) is 0 Å². The third-order valence-electron chi connectivity index (χ3n) is 2.09. The smallest absolute Gasteiger partial charge is 0.186 e. The molecule has 0 unspecified atom stereocenters. The van der Waals surface area contributed by atoms with Gasteiger partial charge in [0.15, 0.2) is 5.82 Å². The quantitative estimate of drug-likeness (QED) is 0.619. The van der Waals surface area contributed by atoms with Crippen LogP contribution in [0.15, 0.2) is 24.3 Å². The first-order valence-corrected chi connectivity index (χ1v) is 4.43. The van der Waals surface area contributed by atoms with Crippen molar-refractivity contribution in [1.82, 2.24) is 9.55 Å². The molecule has 70 valence electrons. The van der Waals surface area contributed by atoms with Crippen molar-refractivity contribution in [2.45, 2.75) is 0 Å². The van der Waals surface area contributed by atoms with Crippen molar-refractivity contribution in [3.8, 4) is 11.8 Å². The highest BCUT2D eigenvalue weighted by atomic mass is 15.0. The Hall–Kier alpha value is -1.79. The van der Waals surface area contributed by atoms with Gasteiger partial charge in [-0.15, -0.1) is 0 Å². The standard InChI is InChI=1S/C11H11N3/c1-14-10-6-3-2-5-9(10)13-11(14)7-4-8-12/h2-3,5-6H,8,12H2,1H3. The summed E-state index contributed by atoms with van der Waals surface area (Å²) < 4.78 is 1.97. The Bertz CT molecular complexity index is 514. The zero-order chi connectivity index (χ0) is 9.97. The summed E-state index contributed by atoms with van der Waals surface area (Å²) in [5.74, 6) is 6.50. The second kappa shape index (κ2) is 3.52. The monoisotopic (exact) mass is 185 g/mol. The van der Waals surface area contributed by atoms with Crippen LogP contribution >= 0.6 is 0 Å². The first kappa shape index (κ1) is 8.79. The van der Waals surface area contributed by atoms with Crippen molar-refractivity contribution in [3.63, 3.8) is 0 Å². The van der Waals surface area contributed by atoms with E-state index in [9.17, 15) is 0 Å². The van der Waals surface area contributed by atoms with E-state index < -0.39 is 0 Å². The molecule has 0 spiro atoms. The number of hydrogen-bond donors (Lipinski definition) is 1. The van der Waals surface area contributed by atoms with Crippen LogP contribution in [-0.2, 0) is 7.05 Å². The predicted molar refractivity (Wildman–Crippen MR) is 56.6 cm³/mol. The largest absolute Gasteiger partial charge is 0.320 e. The lowest BCUT2D eigenvalue weighted by Crippen LogP contribution is -1.96. The van der Waals surface area contributed by atoms with Crippen molar-refractivity contribution in [2.24, 2.45) is 12.8 Å². The molecule has 14 heavy (non-hydrogen) atoms. The van der Waals surface area contributed by atoms with Crippen LogP contribution in [0.4, 0.5) is 0 Å². The molecule has 2 rings (SSSR count). The molecule has 1 aromatic heterocycles. The van der Waals surface area contributed by atoms with E-state index in [0.717, 1.165) is 16.9 Å². The SMILES string of the molecule is Cn1c(C#CCN)nc2ccccc21. The van der Waals surface area contributed by atoms with Crippen molar-refractivity contribution in [2.75, 3.05) is 6.54 Å². The topological polar surface area (TPSA) is 43.8 Å². The summed E-state index contributed by atoms with van der Waals surface area (Å²) >= 11 is 0. The Morgan fingerprint density at radius 1 is 1.43 bits per heavy atom. The number of aromatic nitrogens is 2. The van der Waals surface area contributed by atoms with E-state index in [0.29, 0.717) is 6.54 Å². The lowest BCUT2D eigenvalue weighted by Gasteiger charge is -1.93. The van der Waals surface area contributed by atoms with E-state index in [1.165, 1.54) is 0 Å². The van der Waals surface area contributed by atoms with Gasteiger partial charge in [-0.2, -0.15) is 0 Å². The molecule has 0 aliphatic rings. The van der Waals surface area contributed by atoms with E-state index >= 15 is 0 Å². The molecule has 0 amide bonds. The van der Waals surface area contributed by atoms with Gasteiger partial charge in [0.1, 0.15) is 0 Å². The number of fused-ring (bicyclic) bond motifs is 1. The highest BCUT2D eigenvalue weighted by Crippen LogP contribution is 2.12. The molecule has 0 fully saturated rings. The number of rotatable bonds is 0. The number of aryl methyl sites for hydroxylation is 1. The van der Waals surface area contributed by atoms with Crippen molar-refractivity contribution < 1.29 is 0 Å². The Balaban J connectivity index is 2.62. The van der Waals surface area contributed by atoms with Crippen LogP contribution < -0.4 is 5.73 Å². The average Bonchev–Trinajstić information content (AvgIpc) is 2.54. The van der Waals surface area contributed by atoms with Crippen LogP contribution in [0.25, 0.3) is 11.0 Å². The number of benzene rings is 1. The summed E-state index contributed by atoms with van der Waals surface area (Å²) in [7, 11) is 1.95. The predicted octanol–water partition coefficient (Wildman–Crippen LogP) is 0.883. The highest BCUT2D eigenvalue weighted by molar-refractivity contribution is 5.76. The summed E-state index contributed by atoms with van der Waals surface area (Å²) in [5, 5.41) is 0. The zero-order valence-corrected chi connectivity index (χ0v) is 7.99. The summed E-state index contributed by atoms with van der Waals surface area (Å²) in [6, 6.07) is 7.96. The Labute approximate surface area is 82.6 Å². The van der Waals surface area contributed by atoms with Crippen LogP contribution in [0.3, 0.4) is 0 Å². The number of nitrogens with zero attached hydrogens (tertiary/aromatic N) is 2. The normalized spacial score (nSPS) is 9.86. The lowest BCUT2D eigenvalue weighted by atomic mass is 10.3. The van der Waals surface area contributed by atoms with E-state index in [2.05, 4.69) is 16.8 Å². The van der Waals surface area contributed by atoms with Crippen molar-refractivity contribution >= 4 is 11.0 Å². The van der Waals surface area contributed by atoms with Gasteiger partial charge in [0.25, 0.3) is 0 Å². The van der Waals surface area contributed by atoms with E-state index in [1.54, 1.807) is 0 Å². The van der Waals surface area contributed by atoms with Gasteiger partial charge in [-0.1, -0.05) is 18.1 Å². The summed E-state index contributed by atoms with van der Waals surface area (Å²) in [4.78, 5) is 4.38. The van der Waals surface area contributed by atoms with E-state index in [1.807, 2.05) is 35.9 Å². The molecule has 0 saturated heterocycles. The fraction of sp³-hybridized carbons (Fsp3) is 0.182. The molecule has 0 saturated carbocycles. The van der Waals surface area contributed by atoms with Gasteiger partial charge in [0, 0.05) is 7.05 Å². The minimum absolute atomic E-state index is 0.364. The Morgan fingerprint density at radius 3 is 2.93 bits per heavy atom. The molecule has 1 heterocycles. The maximum Gasteiger partial charge on any atom is 0.186 e. The maximum atomic E-state index is 5.31. The van der Waals surface area contributed by atoms with Crippen molar-refractivity contribution in [3.05, 3.63) is 30.1 Å². The lowest BCUT2D eigenvalue weighted by molar-refractivity contribution is 0.925. The molecule has 0 bridgehead atoms. The average molecular weight is 185 g/mol. The number of hydrogen-bond acceptors (Lipinski definition) is 2. The molecule has 3 heteroatoms. The minimum Gasteiger partial charge on any atom is -0.320 e. The summed E-state index contributed by atoms with van der Waals surface area (Å²) in [6.07, 6.45) is 0. The maximum absolute atomic E-state index is 5.31. The molecular formula is C11H11N3. The third kappa shape index (κ3) is 1.36. The van der Waals surface area contributed by atoms with Crippen LogP contribution in [0.1, 0.15) is 5.82 Å². The number of imidazole rings is 1. The van der Waals surface area contributed by atoms with Crippen LogP contribution in [0, 0.1) is 11.8 Å². The van der Waals surface area contributed by atoms with Crippen molar-refractivity contribution in [1.29, 1.82) is 0 Å². The molecule has 0 radical (unpaired) electrons. The molecule has 0 aliphatic carbocycles. The molecule has 0 aliphatic heterocycles. The second-order valence-electron chi connectivity index (χ2n) is 2.99. The van der Waals surface area contributed by atoms with E-state index in [-0.39, 0.29) is 0 Å². The molecule has 3 nitrogen and oxygen atoms in total. The number of nitrogens with two attached hydrogens (primary N) is 1. The molecule has 2 N–H and O–H groups in total. The third-order valence-corrected chi connectivity index (χ3v) is 2.09. The second-order valence-corrected chi connectivity index (χ2v) is 2.99. The fourth-order valence-corrected chi connectivity index (χ4v) is 1.39. The van der Waals surface area contributed by atoms with Gasteiger partial charge in [-0.25, -0.2) is 4.98 Å². The molecule has 1 aromatic carbocycles. The van der Waals surface area contributed by atoms with E-state index in [4.69, 9.17) is 5.73 Å². The fourth-order valence-electron chi connectivity index (χ4n) is 1.39. The first-order valence-electron chi connectivity index (χ1n) is 4.43. The van der Waals surface area contributed by atoms with Gasteiger partial charge >= 0.3 is 0 Å². The first-order chi connectivity index (χ1) is 6.83. The Kier molecular flexibility index (Phi) is 2.21. The highest BCUT2D eigenvalue weighted by Gasteiger charge is 2.02. The zero-order valence-electron chi connectivity index (χ0n) is 7.99. The van der Waals surface area contributed by atoms with Gasteiger partial charge in [0.05, 0.1) is 17.6 Å². The Morgan fingerprint density at radius 2 is 2.21 bits per heavy atom. The molecule has 2 aromatic rings. The van der Waals surface area contributed by atoms with Crippen LogP contribution in [0.5, 0.6) is 0 Å². The molecular weight excluding hydrogens is 174 g/mol. The van der Waals surface area contributed by atoms with Gasteiger partial charge < -0.3 is 10.3 Å². The van der Waals surface area contributed by atoms with Gasteiger partial charge in [0.2, 0.25) is 0 Å².